The molecule has 1 atom stereocenters. The highest BCUT2D eigenvalue weighted by molar-refractivity contribution is 7.09. The second-order valence-corrected chi connectivity index (χ2v) is 3.83. The average Bonchev–Trinajstić information content (AvgIpc) is 2.32. The van der Waals surface area contributed by atoms with Crippen LogP contribution in [0.5, 0.6) is 0 Å². The van der Waals surface area contributed by atoms with Crippen molar-refractivity contribution in [3.05, 3.63) is 16.1 Å². The molecule has 0 aromatic carbocycles. The SMILES string of the molecule is Cc1c(C(C)O)sc[n+]1CC(N)=O. The summed E-state index contributed by atoms with van der Waals surface area (Å²) >= 11 is 1.43. The number of primary amides is 1. The fourth-order valence-electron chi connectivity index (χ4n) is 1.15. The summed E-state index contributed by atoms with van der Waals surface area (Å²) in [5.41, 5.74) is 7.76. The number of carbonyl (C=O) groups is 1. The Morgan fingerprint density at radius 1 is 1.85 bits per heavy atom. The van der Waals surface area contributed by atoms with E-state index < -0.39 is 6.10 Å². The molecule has 1 heterocycles. The van der Waals surface area contributed by atoms with Gasteiger partial charge in [-0.25, -0.2) is 0 Å². The summed E-state index contributed by atoms with van der Waals surface area (Å²) in [6.07, 6.45) is -0.487. The van der Waals surface area contributed by atoms with Crippen LogP contribution in [0.3, 0.4) is 0 Å². The molecule has 0 spiro atoms. The third-order valence-electron chi connectivity index (χ3n) is 1.80. The zero-order valence-electron chi connectivity index (χ0n) is 7.65. The molecule has 0 saturated heterocycles. The van der Waals surface area contributed by atoms with Gasteiger partial charge < -0.3 is 10.8 Å². The number of aliphatic hydroxyl groups is 1. The molecular formula is C8H13N2O2S+. The third-order valence-corrected chi connectivity index (χ3v) is 3.05. The lowest BCUT2D eigenvalue weighted by molar-refractivity contribution is -0.685. The summed E-state index contributed by atoms with van der Waals surface area (Å²) in [7, 11) is 0. The fraction of sp³-hybridized carbons (Fsp3) is 0.500. The Labute approximate surface area is 80.6 Å². The molecule has 1 amide bonds. The highest BCUT2D eigenvalue weighted by Gasteiger charge is 2.19. The molecular weight excluding hydrogens is 188 g/mol. The van der Waals surface area contributed by atoms with Crippen molar-refractivity contribution in [3.8, 4) is 0 Å². The van der Waals surface area contributed by atoms with Gasteiger partial charge in [0.1, 0.15) is 4.88 Å². The minimum atomic E-state index is -0.487. The molecule has 13 heavy (non-hydrogen) atoms. The van der Waals surface area contributed by atoms with Gasteiger partial charge in [-0.1, -0.05) is 11.3 Å². The van der Waals surface area contributed by atoms with Crippen LogP contribution in [0.1, 0.15) is 23.6 Å². The summed E-state index contributed by atoms with van der Waals surface area (Å²) in [5, 5.41) is 9.33. The largest absolute Gasteiger partial charge is 0.388 e. The van der Waals surface area contributed by atoms with Gasteiger partial charge in [0.25, 0.3) is 5.91 Å². The maximum atomic E-state index is 10.6. The van der Waals surface area contributed by atoms with Crippen molar-refractivity contribution in [2.45, 2.75) is 26.5 Å². The molecule has 1 aromatic rings. The Kier molecular flexibility index (Phi) is 3.00. The van der Waals surface area contributed by atoms with Crippen LogP contribution in [0.25, 0.3) is 0 Å². The number of rotatable bonds is 3. The van der Waals surface area contributed by atoms with Gasteiger partial charge in [0.05, 0.1) is 6.10 Å². The summed E-state index contributed by atoms with van der Waals surface area (Å²) in [5.74, 6) is -0.372. The molecule has 0 saturated carbocycles. The Morgan fingerprint density at radius 2 is 2.46 bits per heavy atom. The van der Waals surface area contributed by atoms with E-state index in [1.165, 1.54) is 11.3 Å². The lowest BCUT2D eigenvalue weighted by atomic mass is 10.3. The van der Waals surface area contributed by atoms with Crippen LogP contribution in [0.15, 0.2) is 5.51 Å². The van der Waals surface area contributed by atoms with Crippen LogP contribution in [0.2, 0.25) is 0 Å². The Hall–Kier alpha value is -0.940. The monoisotopic (exact) mass is 201 g/mol. The number of nitrogens with zero attached hydrogens (tertiary/aromatic N) is 1. The van der Waals surface area contributed by atoms with Gasteiger partial charge in [-0.15, -0.1) is 0 Å². The summed E-state index contributed by atoms with van der Waals surface area (Å²) in [4.78, 5) is 11.5. The van der Waals surface area contributed by atoms with Crippen molar-refractivity contribution in [1.29, 1.82) is 0 Å². The standard InChI is InChI=1S/C8H12N2O2S/c1-5-8(6(2)11)13-4-10(5)3-7(9)12/h4,6,11H,3H2,1-2H3,(H-,9,12)/p+1. The number of aromatic nitrogens is 1. The van der Waals surface area contributed by atoms with E-state index in [0.717, 1.165) is 10.6 Å². The molecule has 5 heteroatoms. The molecule has 1 aromatic heterocycles. The first-order valence-corrected chi connectivity index (χ1v) is 4.84. The van der Waals surface area contributed by atoms with Crippen LogP contribution in [0, 0.1) is 6.92 Å². The molecule has 1 rings (SSSR count). The minimum Gasteiger partial charge on any atom is -0.388 e. The second-order valence-electron chi connectivity index (χ2n) is 2.94. The molecule has 3 N–H and O–H groups in total. The molecule has 0 aliphatic carbocycles. The maximum Gasteiger partial charge on any atom is 0.283 e. The fourth-order valence-corrected chi connectivity index (χ4v) is 2.11. The lowest BCUT2D eigenvalue weighted by Gasteiger charge is -1.97. The van der Waals surface area contributed by atoms with Gasteiger partial charge in [-0.05, 0) is 6.92 Å². The number of hydrogen-bond donors (Lipinski definition) is 2. The van der Waals surface area contributed by atoms with Crippen molar-refractivity contribution in [3.63, 3.8) is 0 Å². The van der Waals surface area contributed by atoms with E-state index in [0.29, 0.717) is 0 Å². The first-order chi connectivity index (χ1) is 6.02. The van der Waals surface area contributed by atoms with Crippen LogP contribution >= 0.6 is 11.3 Å². The number of carbonyl (C=O) groups excluding carboxylic acids is 1. The Balaban J connectivity index is 2.92. The zero-order chi connectivity index (χ0) is 10.0. The summed E-state index contributed by atoms with van der Waals surface area (Å²) in [6, 6.07) is 0. The predicted octanol–water partition coefficient (Wildman–Crippen LogP) is -0.117. The smallest absolute Gasteiger partial charge is 0.283 e. The second kappa shape index (κ2) is 3.85. The van der Waals surface area contributed by atoms with Crippen molar-refractivity contribution in [2.24, 2.45) is 5.73 Å². The van der Waals surface area contributed by atoms with Gasteiger partial charge in [-0.3, -0.25) is 4.79 Å². The van der Waals surface area contributed by atoms with Gasteiger partial charge in [0.2, 0.25) is 12.1 Å². The molecule has 0 aliphatic heterocycles. The number of aliphatic hydroxyl groups excluding tert-OH is 1. The minimum absolute atomic E-state index is 0.176. The van der Waals surface area contributed by atoms with Gasteiger partial charge in [-0.2, -0.15) is 4.57 Å². The van der Waals surface area contributed by atoms with Crippen molar-refractivity contribution in [2.75, 3.05) is 0 Å². The third kappa shape index (κ3) is 2.26. The van der Waals surface area contributed by atoms with Crippen molar-refractivity contribution < 1.29 is 14.5 Å². The summed E-state index contributed by atoms with van der Waals surface area (Å²) < 4.78 is 1.75. The summed E-state index contributed by atoms with van der Waals surface area (Å²) in [6.45, 7) is 3.74. The molecule has 0 bridgehead atoms. The molecule has 0 radical (unpaired) electrons. The van der Waals surface area contributed by atoms with E-state index in [9.17, 15) is 9.90 Å². The quantitative estimate of drug-likeness (QED) is 0.670. The van der Waals surface area contributed by atoms with E-state index in [2.05, 4.69) is 0 Å². The molecule has 0 aliphatic rings. The highest BCUT2D eigenvalue weighted by atomic mass is 32.1. The molecule has 4 nitrogen and oxygen atoms in total. The Morgan fingerprint density at radius 3 is 2.85 bits per heavy atom. The number of thiazole rings is 1. The van der Waals surface area contributed by atoms with Crippen LogP contribution in [-0.4, -0.2) is 11.0 Å². The van der Waals surface area contributed by atoms with Crippen LogP contribution in [-0.2, 0) is 11.3 Å². The first-order valence-electron chi connectivity index (χ1n) is 3.96. The zero-order valence-corrected chi connectivity index (χ0v) is 8.47. The van der Waals surface area contributed by atoms with Crippen molar-refractivity contribution >= 4 is 17.2 Å². The van der Waals surface area contributed by atoms with Crippen LogP contribution in [0.4, 0.5) is 0 Å². The van der Waals surface area contributed by atoms with Gasteiger partial charge in [0.15, 0.2) is 5.69 Å². The van der Waals surface area contributed by atoms with Crippen LogP contribution < -0.4 is 10.3 Å². The molecule has 1 unspecified atom stereocenters. The van der Waals surface area contributed by atoms with E-state index in [1.807, 2.05) is 6.92 Å². The van der Waals surface area contributed by atoms with E-state index >= 15 is 0 Å². The average molecular weight is 201 g/mol. The molecule has 0 fully saturated rings. The van der Waals surface area contributed by atoms with Crippen molar-refractivity contribution in [1.82, 2.24) is 0 Å². The Bertz CT molecular complexity index is 320. The number of hydrogen-bond acceptors (Lipinski definition) is 3. The maximum absolute atomic E-state index is 10.6. The predicted molar refractivity (Wildman–Crippen MR) is 49.1 cm³/mol. The topological polar surface area (TPSA) is 67.2 Å². The highest BCUT2D eigenvalue weighted by Crippen LogP contribution is 2.19. The van der Waals surface area contributed by atoms with E-state index in [4.69, 9.17) is 5.73 Å². The number of nitrogens with two attached hydrogens (primary N) is 1. The lowest BCUT2D eigenvalue weighted by Crippen LogP contribution is -2.41. The number of amides is 1. The van der Waals surface area contributed by atoms with Gasteiger partial charge in [0, 0.05) is 6.92 Å². The molecule has 72 valence electrons. The van der Waals surface area contributed by atoms with Gasteiger partial charge >= 0.3 is 0 Å². The first kappa shape index (κ1) is 10.1. The van der Waals surface area contributed by atoms with E-state index in [1.54, 1.807) is 17.0 Å². The van der Waals surface area contributed by atoms with E-state index in [-0.39, 0.29) is 12.5 Å². The normalized spacial score (nSPS) is 12.8.